The Morgan fingerprint density at radius 2 is 1.96 bits per heavy atom. The molecular formula is C17H16N4OS. The van der Waals surface area contributed by atoms with Crippen LogP contribution in [0.15, 0.2) is 66.1 Å². The van der Waals surface area contributed by atoms with Gasteiger partial charge in [0, 0.05) is 24.2 Å². The van der Waals surface area contributed by atoms with Crippen molar-refractivity contribution in [2.45, 2.75) is 17.2 Å². The second-order valence-electron chi connectivity index (χ2n) is 4.90. The number of rotatable bonds is 5. The standard InChI is InChI=1S/C17H16N4OS/c1-12(23-15-8-4-5-9-18-15)17(22)21-14-7-3-2-6-13(14)16-19-10-11-20-16/h2-12H,1H3,(H,19,20)(H,21,22)/t12-/m0/s1. The van der Waals surface area contributed by atoms with Gasteiger partial charge in [-0.1, -0.05) is 30.0 Å². The van der Waals surface area contributed by atoms with E-state index in [9.17, 15) is 4.79 Å². The summed E-state index contributed by atoms with van der Waals surface area (Å²) >= 11 is 1.43. The molecule has 0 unspecified atom stereocenters. The van der Waals surface area contributed by atoms with E-state index in [2.05, 4.69) is 20.3 Å². The van der Waals surface area contributed by atoms with Crippen LogP contribution < -0.4 is 5.32 Å². The molecule has 0 aliphatic carbocycles. The minimum absolute atomic E-state index is 0.0698. The number of hydrogen-bond donors (Lipinski definition) is 2. The fourth-order valence-corrected chi connectivity index (χ4v) is 2.90. The number of benzene rings is 1. The average Bonchev–Trinajstić information content (AvgIpc) is 3.10. The number of amides is 1. The number of carbonyl (C=O) groups is 1. The van der Waals surface area contributed by atoms with E-state index in [0.717, 1.165) is 22.1 Å². The van der Waals surface area contributed by atoms with Gasteiger partial charge < -0.3 is 10.3 Å². The molecule has 0 fully saturated rings. The highest BCUT2D eigenvalue weighted by Gasteiger charge is 2.17. The van der Waals surface area contributed by atoms with E-state index in [4.69, 9.17) is 0 Å². The van der Waals surface area contributed by atoms with Crippen LogP contribution in [0.4, 0.5) is 5.69 Å². The molecule has 23 heavy (non-hydrogen) atoms. The second-order valence-corrected chi connectivity index (χ2v) is 6.26. The number of H-pyrrole nitrogens is 1. The number of thioether (sulfide) groups is 1. The van der Waals surface area contributed by atoms with Gasteiger partial charge in [-0.15, -0.1) is 0 Å². The van der Waals surface area contributed by atoms with E-state index in [1.165, 1.54) is 11.8 Å². The summed E-state index contributed by atoms with van der Waals surface area (Å²) in [7, 11) is 0. The van der Waals surface area contributed by atoms with Crippen LogP contribution in [0.3, 0.4) is 0 Å². The van der Waals surface area contributed by atoms with Gasteiger partial charge in [0.1, 0.15) is 5.82 Å². The average molecular weight is 324 g/mol. The number of anilines is 1. The quantitative estimate of drug-likeness (QED) is 0.704. The first-order valence-electron chi connectivity index (χ1n) is 7.21. The highest BCUT2D eigenvalue weighted by atomic mass is 32.2. The number of nitrogens with zero attached hydrogens (tertiary/aromatic N) is 2. The summed E-state index contributed by atoms with van der Waals surface area (Å²) in [4.78, 5) is 24.0. The Labute approximate surface area is 138 Å². The largest absolute Gasteiger partial charge is 0.345 e. The molecule has 2 aromatic heterocycles. The van der Waals surface area contributed by atoms with Crippen molar-refractivity contribution in [3.8, 4) is 11.4 Å². The summed E-state index contributed by atoms with van der Waals surface area (Å²) in [6.07, 6.45) is 5.17. The van der Waals surface area contributed by atoms with Crippen LogP contribution in [-0.4, -0.2) is 26.1 Å². The Morgan fingerprint density at radius 1 is 1.13 bits per heavy atom. The van der Waals surface area contributed by atoms with E-state index >= 15 is 0 Å². The molecule has 1 atom stereocenters. The number of pyridine rings is 1. The zero-order valence-electron chi connectivity index (χ0n) is 12.6. The number of carbonyl (C=O) groups excluding carboxylic acids is 1. The van der Waals surface area contributed by atoms with Gasteiger partial charge in [-0.25, -0.2) is 9.97 Å². The van der Waals surface area contributed by atoms with Crippen molar-refractivity contribution >= 4 is 23.4 Å². The predicted octanol–water partition coefficient (Wildman–Crippen LogP) is 3.59. The lowest BCUT2D eigenvalue weighted by Gasteiger charge is -2.13. The van der Waals surface area contributed by atoms with Crippen molar-refractivity contribution in [3.63, 3.8) is 0 Å². The number of imidazole rings is 1. The summed E-state index contributed by atoms with van der Waals surface area (Å²) in [5.41, 5.74) is 1.60. The Balaban J connectivity index is 1.73. The molecule has 0 spiro atoms. The molecule has 0 saturated heterocycles. The molecule has 3 rings (SSSR count). The van der Waals surface area contributed by atoms with Crippen LogP contribution in [0.25, 0.3) is 11.4 Å². The van der Waals surface area contributed by atoms with Crippen LogP contribution >= 0.6 is 11.8 Å². The molecule has 0 radical (unpaired) electrons. The summed E-state index contributed by atoms with van der Waals surface area (Å²) in [6.45, 7) is 1.87. The van der Waals surface area contributed by atoms with Gasteiger partial charge >= 0.3 is 0 Å². The molecular weight excluding hydrogens is 308 g/mol. The molecule has 1 aromatic carbocycles. The van der Waals surface area contributed by atoms with Gasteiger partial charge in [0.05, 0.1) is 16.0 Å². The minimum Gasteiger partial charge on any atom is -0.345 e. The molecule has 0 aliphatic heterocycles. The van der Waals surface area contributed by atoms with Crippen molar-refractivity contribution in [1.82, 2.24) is 15.0 Å². The van der Waals surface area contributed by atoms with Crippen molar-refractivity contribution in [2.24, 2.45) is 0 Å². The number of aromatic nitrogens is 3. The maximum Gasteiger partial charge on any atom is 0.237 e. The highest BCUT2D eigenvalue weighted by molar-refractivity contribution is 8.00. The van der Waals surface area contributed by atoms with Crippen LogP contribution in [0.1, 0.15) is 6.92 Å². The highest BCUT2D eigenvalue weighted by Crippen LogP contribution is 2.27. The Bertz CT molecular complexity index is 774. The lowest BCUT2D eigenvalue weighted by Crippen LogP contribution is -2.22. The third-order valence-electron chi connectivity index (χ3n) is 3.24. The van der Waals surface area contributed by atoms with Gasteiger partial charge in [-0.05, 0) is 31.2 Å². The molecule has 2 N–H and O–H groups in total. The van der Waals surface area contributed by atoms with Gasteiger partial charge in [0.15, 0.2) is 0 Å². The van der Waals surface area contributed by atoms with Gasteiger partial charge in [0.2, 0.25) is 5.91 Å². The molecule has 0 saturated carbocycles. The smallest absolute Gasteiger partial charge is 0.237 e. The molecule has 3 aromatic rings. The van der Waals surface area contributed by atoms with Crippen molar-refractivity contribution in [1.29, 1.82) is 0 Å². The molecule has 0 bridgehead atoms. The van der Waals surface area contributed by atoms with Crippen molar-refractivity contribution < 1.29 is 4.79 Å². The molecule has 116 valence electrons. The van der Waals surface area contributed by atoms with Gasteiger partial charge in [-0.3, -0.25) is 4.79 Å². The van der Waals surface area contributed by atoms with Crippen LogP contribution in [0.2, 0.25) is 0 Å². The van der Waals surface area contributed by atoms with Crippen LogP contribution in [-0.2, 0) is 4.79 Å². The summed E-state index contributed by atoms with van der Waals surface area (Å²) in [5, 5.41) is 3.54. The normalized spacial score (nSPS) is 11.9. The minimum atomic E-state index is -0.255. The van der Waals surface area contributed by atoms with Crippen LogP contribution in [0.5, 0.6) is 0 Å². The van der Waals surface area contributed by atoms with Gasteiger partial charge in [0.25, 0.3) is 0 Å². The molecule has 1 amide bonds. The second kappa shape index (κ2) is 7.11. The summed E-state index contributed by atoms with van der Waals surface area (Å²) in [6, 6.07) is 13.3. The number of nitrogens with one attached hydrogen (secondary N) is 2. The number of hydrogen-bond acceptors (Lipinski definition) is 4. The molecule has 0 aliphatic rings. The summed E-state index contributed by atoms with van der Waals surface area (Å²) < 4.78 is 0. The fourth-order valence-electron chi connectivity index (χ4n) is 2.10. The topological polar surface area (TPSA) is 70.7 Å². The number of para-hydroxylation sites is 1. The van der Waals surface area contributed by atoms with E-state index in [0.29, 0.717) is 0 Å². The first-order valence-corrected chi connectivity index (χ1v) is 8.09. The van der Waals surface area contributed by atoms with E-state index < -0.39 is 0 Å². The lowest BCUT2D eigenvalue weighted by atomic mass is 10.1. The first-order chi connectivity index (χ1) is 11.2. The Morgan fingerprint density at radius 3 is 2.70 bits per heavy atom. The molecule has 5 nitrogen and oxygen atoms in total. The van der Waals surface area contributed by atoms with Crippen molar-refractivity contribution in [2.75, 3.05) is 5.32 Å². The third kappa shape index (κ3) is 3.78. The monoisotopic (exact) mass is 324 g/mol. The Hall–Kier alpha value is -2.60. The summed E-state index contributed by atoms with van der Waals surface area (Å²) in [5.74, 6) is 0.658. The van der Waals surface area contributed by atoms with E-state index in [-0.39, 0.29) is 11.2 Å². The fraction of sp³-hybridized carbons (Fsp3) is 0.118. The molecule has 2 heterocycles. The third-order valence-corrected chi connectivity index (χ3v) is 4.29. The van der Waals surface area contributed by atoms with Crippen molar-refractivity contribution in [3.05, 3.63) is 61.1 Å². The first kappa shape index (κ1) is 15.3. The Kier molecular flexibility index (Phi) is 4.73. The maximum absolute atomic E-state index is 12.4. The van der Waals surface area contributed by atoms with E-state index in [1.54, 1.807) is 18.6 Å². The maximum atomic E-state index is 12.4. The predicted molar refractivity (Wildman–Crippen MR) is 92.2 cm³/mol. The zero-order valence-corrected chi connectivity index (χ0v) is 13.4. The number of aromatic amines is 1. The van der Waals surface area contributed by atoms with E-state index in [1.807, 2.05) is 49.4 Å². The lowest BCUT2D eigenvalue weighted by molar-refractivity contribution is -0.115. The van der Waals surface area contributed by atoms with Crippen LogP contribution in [0, 0.1) is 0 Å². The zero-order chi connectivity index (χ0) is 16.1. The molecule has 6 heteroatoms. The SMILES string of the molecule is C[C@H](Sc1ccccn1)C(=O)Nc1ccccc1-c1ncc[nH]1. The van der Waals surface area contributed by atoms with Gasteiger partial charge in [-0.2, -0.15) is 0 Å².